The highest BCUT2D eigenvalue weighted by Crippen LogP contribution is 2.29. The Morgan fingerprint density at radius 3 is 2.64 bits per heavy atom. The van der Waals surface area contributed by atoms with Gasteiger partial charge in [-0.25, -0.2) is 0 Å². The van der Waals surface area contributed by atoms with Crippen LogP contribution in [0, 0.1) is 6.92 Å². The van der Waals surface area contributed by atoms with Gasteiger partial charge in [0.1, 0.15) is 11.8 Å². The second-order valence-electron chi connectivity index (χ2n) is 2.98. The van der Waals surface area contributed by atoms with Crippen LogP contribution >= 0.6 is 15.9 Å². The molecule has 1 unspecified atom stereocenters. The van der Waals surface area contributed by atoms with Crippen molar-refractivity contribution < 1.29 is 15.0 Å². The van der Waals surface area contributed by atoms with E-state index in [0.29, 0.717) is 15.6 Å². The number of phenols is 1. The molecule has 0 amide bonds. The summed E-state index contributed by atoms with van der Waals surface area (Å²) in [6, 6.07) is 1.93. The second-order valence-corrected chi connectivity index (χ2v) is 3.83. The van der Waals surface area contributed by atoms with Crippen LogP contribution in [0.15, 0.2) is 16.6 Å². The number of nitrogens with two attached hydrogens (primary N) is 1. The van der Waals surface area contributed by atoms with Crippen LogP contribution in [0.2, 0.25) is 0 Å². The summed E-state index contributed by atoms with van der Waals surface area (Å²) < 4.78 is 0.440. The van der Waals surface area contributed by atoms with Gasteiger partial charge in [0.2, 0.25) is 0 Å². The quantitative estimate of drug-likeness (QED) is 0.753. The van der Waals surface area contributed by atoms with Crippen molar-refractivity contribution in [2.24, 2.45) is 5.73 Å². The molecule has 0 radical (unpaired) electrons. The van der Waals surface area contributed by atoms with Crippen LogP contribution in [-0.2, 0) is 4.79 Å². The maximum absolute atomic E-state index is 10.6. The molecule has 0 saturated carbocycles. The number of aromatic hydroxyl groups is 1. The summed E-state index contributed by atoms with van der Waals surface area (Å²) in [5, 5.41) is 18.0. The lowest BCUT2D eigenvalue weighted by atomic mass is 10.0. The number of hydrogen-bond donors (Lipinski definition) is 3. The van der Waals surface area contributed by atoms with Gasteiger partial charge in [-0.2, -0.15) is 0 Å². The van der Waals surface area contributed by atoms with E-state index in [2.05, 4.69) is 15.9 Å². The van der Waals surface area contributed by atoms with Gasteiger partial charge in [0, 0.05) is 0 Å². The molecule has 1 aromatic carbocycles. The standard InChI is InChI=1S/C9H10BrNO3/c1-4-2-7(12)6(10)3-5(4)8(11)9(13)14/h2-3,8,12H,11H2,1H3,(H,13,14). The molecular formula is C9H10BrNO3. The topological polar surface area (TPSA) is 83.5 Å². The van der Waals surface area contributed by atoms with E-state index >= 15 is 0 Å². The monoisotopic (exact) mass is 259 g/mol. The molecule has 0 aliphatic carbocycles. The minimum absolute atomic E-state index is 0.0730. The normalized spacial score (nSPS) is 12.5. The van der Waals surface area contributed by atoms with E-state index < -0.39 is 12.0 Å². The molecule has 1 aromatic rings. The van der Waals surface area contributed by atoms with Crippen molar-refractivity contribution in [1.82, 2.24) is 0 Å². The highest BCUT2D eigenvalue weighted by Gasteiger charge is 2.17. The van der Waals surface area contributed by atoms with Gasteiger partial charge in [-0.15, -0.1) is 0 Å². The van der Waals surface area contributed by atoms with Gasteiger partial charge >= 0.3 is 5.97 Å². The van der Waals surface area contributed by atoms with E-state index in [1.165, 1.54) is 12.1 Å². The third kappa shape index (κ3) is 2.05. The van der Waals surface area contributed by atoms with Gasteiger partial charge in [-0.05, 0) is 46.1 Å². The lowest BCUT2D eigenvalue weighted by Gasteiger charge is -2.11. The molecule has 0 saturated heterocycles. The molecule has 5 heteroatoms. The van der Waals surface area contributed by atoms with Gasteiger partial charge in [0.25, 0.3) is 0 Å². The number of phenolic OH excluding ortho intramolecular Hbond substituents is 1. The molecule has 0 heterocycles. The molecule has 1 rings (SSSR count). The predicted octanol–water partition coefficient (Wildman–Crippen LogP) is 1.55. The molecule has 0 aliphatic heterocycles. The lowest BCUT2D eigenvalue weighted by Crippen LogP contribution is -2.21. The van der Waals surface area contributed by atoms with Crippen molar-refractivity contribution in [3.63, 3.8) is 0 Å². The zero-order valence-electron chi connectivity index (χ0n) is 7.49. The van der Waals surface area contributed by atoms with Crippen molar-refractivity contribution in [3.05, 3.63) is 27.7 Å². The number of halogens is 1. The first-order valence-corrected chi connectivity index (χ1v) is 4.70. The van der Waals surface area contributed by atoms with E-state index in [0.717, 1.165) is 0 Å². The molecule has 4 nitrogen and oxygen atoms in total. The fourth-order valence-corrected chi connectivity index (χ4v) is 1.51. The predicted molar refractivity (Wildman–Crippen MR) is 55.1 cm³/mol. The van der Waals surface area contributed by atoms with E-state index in [9.17, 15) is 9.90 Å². The van der Waals surface area contributed by atoms with Crippen LogP contribution in [0.25, 0.3) is 0 Å². The average molecular weight is 260 g/mol. The summed E-state index contributed by atoms with van der Waals surface area (Å²) >= 11 is 3.10. The Morgan fingerprint density at radius 1 is 1.57 bits per heavy atom. The third-order valence-electron chi connectivity index (χ3n) is 1.94. The molecule has 0 bridgehead atoms. The molecule has 0 spiro atoms. The number of carbonyl (C=O) groups is 1. The summed E-state index contributed by atoms with van der Waals surface area (Å²) in [6.07, 6.45) is 0. The lowest BCUT2D eigenvalue weighted by molar-refractivity contribution is -0.138. The Hall–Kier alpha value is -1.07. The van der Waals surface area contributed by atoms with Gasteiger partial charge in [0.05, 0.1) is 4.47 Å². The van der Waals surface area contributed by atoms with Gasteiger partial charge in [-0.1, -0.05) is 0 Å². The van der Waals surface area contributed by atoms with E-state index in [4.69, 9.17) is 10.8 Å². The molecule has 76 valence electrons. The molecule has 0 aliphatic rings. The molecular weight excluding hydrogens is 250 g/mol. The first-order chi connectivity index (χ1) is 6.43. The van der Waals surface area contributed by atoms with Gasteiger partial charge in [-0.3, -0.25) is 4.79 Å². The Labute approximate surface area is 89.5 Å². The largest absolute Gasteiger partial charge is 0.507 e. The van der Waals surface area contributed by atoms with E-state index in [-0.39, 0.29) is 5.75 Å². The van der Waals surface area contributed by atoms with Crippen molar-refractivity contribution in [2.45, 2.75) is 13.0 Å². The highest BCUT2D eigenvalue weighted by atomic mass is 79.9. The number of benzene rings is 1. The van der Waals surface area contributed by atoms with Crippen molar-refractivity contribution in [1.29, 1.82) is 0 Å². The van der Waals surface area contributed by atoms with Crippen molar-refractivity contribution in [3.8, 4) is 5.75 Å². The Bertz CT molecular complexity index is 379. The first kappa shape index (κ1) is 11.0. The SMILES string of the molecule is Cc1cc(O)c(Br)cc1C(N)C(=O)O. The Morgan fingerprint density at radius 2 is 2.14 bits per heavy atom. The fraction of sp³-hybridized carbons (Fsp3) is 0.222. The molecule has 4 N–H and O–H groups in total. The summed E-state index contributed by atoms with van der Waals surface area (Å²) in [6.45, 7) is 1.70. The molecule has 0 fully saturated rings. The smallest absolute Gasteiger partial charge is 0.325 e. The van der Waals surface area contributed by atoms with Crippen LogP contribution < -0.4 is 5.73 Å². The number of hydrogen-bond acceptors (Lipinski definition) is 3. The van der Waals surface area contributed by atoms with Crippen molar-refractivity contribution >= 4 is 21.9 Å². The molecule has 14 heavy (non-hydrogen) atoms. The number of carboxylic acids is 1. The van der Waals surface area contributed by atoms with Crippen LogP contribution in [0.5, 0.6) is 5.75 Å². The zero-order chi connectivity index (χ0) is 10.9. The van der Waals surface area contributed by atoms with Crippen molar-refractivity contribution in [2.75, 3.05) is 0 Å². The second kappa shape index (κ2) is 3.98. The average Bonchev–Trinajstić information content (AvgIpc) is 2.10. The van der Waals surface area contributed by atoms with Crippen LogP contribution in [-0.4, -0.2) is 16.2 Å². The van der Waals surface area contributed by atoms with Crippen LogP contribution in [0.4, 0.5) is 0 Å². The van der Waals surface area contributed by atoms with E-state index in [1.54, 1.807) is 6.92 Å². The number of aryl methyl sites for hydroxylation is 1. The van der Waals surface area contributed by atoms with E-state index in [1.807, 2.05) is 0 Å². The number of aliphatic carboxylic acids is 1. The summed E-state index contributed by atoms with van der Waals surface area (Å²) in [5.74, 6) is -1.02. The maximum atomic E-state index is 10.6. The molecule has 0 aromatic heterocycles. The number of rotatable bonds is 2. The zero-order valence-corrected chi connectivity index (χ0v) is 9.08. The minimum Gasteiger partial charge on any atom is -0.507 e. The van der Waals surface area contributed by atoms with Crippen LogP contribution in [0.3, 0.4) is 0 Å². The fourth-order valence-electron chi connectivity index (χ4n) is 1.15. The van der Waals surface area contributed by atoms with Gasteiger partial charge in [0.15, 0.2) is 0 Å². The number of carboxylic acid groups (broad SMARTS) is 1. The Kier molecular flexibility index (Phi) is 3.13. The summed E-state index contributed by atoms with van der Waals surface area (Å²) in [4.78, 5) is 10.6. The first-order valence-electron chi connectivity index (χ1n) is 3.91. The summed E-state index contributed by atoms with van der Waals surface area (Å²) in [5.41, 5.74) is 6.60. The van der Waals surface area contributed by atoms with Crippen LogP contribution in [0.1, 0.15) is 17.2 Å². The highest BCUT2D eigenvalue weighted by molar-refractivity contribution is 9.10. The summed E-state index contributed by atoms with van der Waals surface area (Å²) in [7, 11) is 0. The third-order valence-corrected chi connectivity index (χ3v) is 2.57. The van der Waals surface area contributed by atoms with Gasteiger partial charge < -0.3 is 15.9 Å². The maximum Gasteiger partial charge on any atom is 0.325 e. The Balaban J connectivity index is 3.22. The molecule has 1 atom stereocenters. The minimum atomic E-state index is -1.09.